The molecule has 0 amide bonds. The van der Waals surface area contributed by atoms with Crippen molar-refractivity contribution in [3.8, 4) is 0 Å². The minimum atomic E-state index is -0.181. The van der Waals surface area contributed by atoms with E-state index in [9.17, 15) is 4.39 Å². The molecule has 1 aliphatic heterocycles. The molecule has 1 heterocycles. The zero-order chi connectivity index (χ0) is 7.84. The molecule has 1 aliphatic rings. The molecule has 58 valence electrons. The molecule has 11 heavy (non-hydrogen) atoms. The molecule has 2 nitrogen and oxygen atoms in total. The maximum atomic E-state index is 12.6. The van der Waals surface area contributed by atoms with Crippen LogP contribution in [0.1, 0.15) is 11.1 Å². The van der Waals surface area contributed by atoms with Crippen LogP contribution in [0.4, 0.5) is 4.39 Å². The number of halogens is 1. The van der Waals surface area contributed by atoms with Gasteiger partial charge >= 0.3 is 0 Å². The molecule has 0 aromatic heterocycles. The summed E-state index contributed by atoms with van der Waals surface area (Å²) in [4.78, 5) is 0. The fraction of sp³-hybridized carbons (Fsp3) is 0.250. The smallest absolute Gasteiger partial charge is 0.123 e. The van der Waals surface area contributed by atoms with Crippen LogP contribution in [0.15, 0.2) is 18.2 Å². The summed E-state index contributed by atoms with van der Waals surface area (Å²) in [7, 11) is 0. The first-order valence-corrected chi connectivity index (χ1v) is 3.52. The third-order valence-electron chi connectivity index (χ3n) is 1.92. The third-order valence-corrected chi connectivity index (χ3v) is 1.92. The average molecular weight is 152 g/mol. The highest BCUT2D eigenvalue weighted by molar-refractivity contribution is 5.30. The number of benzene rings is 1. The van der Waals surface area contributed by atoms with E-state index in [1.807, 2.05) is 0 Å². The van der Waals surface area contributed by atoms with Crippen molar-refractivity contribution in [3.05, 3.63) is 35.1 Å². The molecule has 0 unspecified atom stereocenters. The van der Waals surface area contributed by atoms with Crippen molar-refractivity contribution in [2.45, 2.75) is 13.1 Å². The zero-order valence-corrected chi connectivity index (χ0v) is 6.05. The summed E-state index contributed by atoms with van der Waals surface area (Å²) in [6.07, 6.45) is 0. The molecule has 3 heteroatoms. The lowest BCUT2D eigenvalue weighted by Crippen LogP contribution is -2.23. The SMILES string of the molecule is NN1Cc2ccc(F)cc2C1. The van der Waals surface area contributed by atoms with Gasteiger partial charge in [0, 0.05) is 13.1 Å². The van der Waals surface area contributed by atoms with Gasteiger partial charge in [-0.05, 0) is 23.3 Å². The second kappa shape index (κ2) is 2.29. The van der Waals surface area contributed by atoms with Crippen molar-refractivity contribution in [1.82, 2.24) is 5.01 Å². The van der Waals surface area contributed by atoms with Gasteiger partial charge in [-0.25, -0.2) is 9.40 Å². The second-order valence-corrected chi connectivity index (χ2v) is 2.82. The Labute approximate surface area is 64.4 Å². The topological polar surface area (TPSA) is 29.3 Å². The molecular weight excluding hydrogens is 143 g/mol. The predicted molar refractivity (Wildman–Crippen MR) is 39.8 cm³/mol. The Balaban J connectivity index is 2.43. The molecule has 0 aliphatic carbocycles. The monoisotopic (exact) mass is 152 g/mol. The summed E-state index contributed by atoms with van der Waals surface area (Å²) in [6, 6.07) is 4.80. The van der Waals surface area contributed by atoms with E-state index in [1.165, 1.54) is 6.07 Å². The molecule has 0 bridgehead atoms. The van der Waals surface area contributed by atoms with E-state index in [0.717, 1.165) is 17.7 Å². The van der Waals surface area contributed by atoms with E-state index in [-0.39, 0.29) is 5.82 Å². The molecule has 0 saturated heterocycles. The molecule has 0 atom stereocenters. The van der Waals surface area contributed by atoms with Gasteiger partial charge in [-0.2, -0.15) is 0 Å². The normalized spacial score (nSPS) is 16.9. The summed E-state index contributed by atoms with van der Waals surface area (Å²) >= 11 is 0. The quantitative estimate of drug-likeness (QED) is 0.562. The van der Waals surface area contributed by atoms with Gasteiger partial charge in [-0.15, -0.1) is 0 Å². The van der Waals surface area contributed by atoms with Crippen molar-refractivity contribution >= 4 is 0 Å². The second-order valence-electron chi connectivity index (χ2n) is 2.82. The van der Waals surface area contributed by atoms with Crippen molar-refractivity contribution in [1.29, 1.82) is 0 Å². The van der Waals surface area contributed by atoms with E-state index in [2.05, 4.69) is 0 Å². The van der Waals surface area contributed by atoms with Crippen LogP contribution in [0.25, 0.3) is 0 Å². The van der Waals surface area contributed by atoms with Crippen LogP contribution in [0.2, 0.25) is 0 Å². The molecule has 0 radical (unpaired) electrons. The standard InChI is InChI=1S/C8H9FN2/c9-8-2-1-6-4-11(10)5-7(6)3-8/h1-3H,4-5,10H2. The molecule has 0 saturated carbocycles. The van der Waals surface area contributed by atoms with E-state index >= 15 is 0 Å². The first-order valence-electron chi connectivity index (χ1n) is 3.52. The Bertz CT molecular complexity index is 285. The average Bonchev–Trinajstić information content (AvgIpc) is 2.27. The molecule has 1 aromatic carbocycles. The Morgan fingerprint density at radius 3 is 2.82 bits per heavy atom. The minimum Gasteiger partial charge on any atom is -0.268 e. The third kappa shape index (κ3) is 1.13. The van der Waals surface area contributed by atoms with E-state index in [4.69, 9.17) is 5.84 Å². The fourth-order valence-electron chi connectivity index (χ4n) is 1.39. The van der Waals surface area contributed by atoms with Crippen LogP contribution in [-0.4, -0.2) is 5.01 Å². The van der Waals surface area contributed by atoms with E-state index in [0.29, 0.717) is 6.54 Å². The van der Waals surface area contributed by atoms with Crippen LogP contribution >= 0.6 is 0 Å². The lowest BCUT2D eigenvalue weighted by molar-refractivity contribution is 0.295. The van der Waals surface area contributed by atoms with Gasteiger partial charge in [0.1, 0.15) is 5.82 Å². The Morgan fingerprint density at radius 2 is 2.00 bits per heavy atom. The number of nitrogens with zero attached hydrogens (tertiary/aromatic N) is 1. The first-order chi connectivity index (χ1) is 5.25. The van der Waals surface area contributed by atoms with Gasteiger partial charge in [0.2, 0.25) is 0 Å². The largest absolute Gasteiger partial charge is 0.268 e. The maximum Gasteiger partial charge on any atom is 0.123 e. The highest BCUT2D eigenvalue weighted by Gasteiger charge is 2.15. The molecule has 2 rings (SSSR count). The first kappa shape index (κ1) is 6.76. The van der Waals surface area contributed by atoms with Gasteiger partial charge < -0.3 is 0 Å². The van der Waals surface area contributed by atoms with Crippen LogP contribution in [0, 0.1) is 5.82 Å². The summed E-state index contributed by atoms with van der Waals surface area (Å²) in [5.74, 6) is 5.36. The van der Waals surface area contributed by atoms with Gasteiger partial charge in [-0.3, -0.25) is 5.84 Å². The lowest BCUT2D eigenvalue weighted by atomic mass is 10.1. The summed E-state index contributed by atoms with van der Waals surface area (Å²) in [5.41, 5.74) is 2.14. The fourth-order valence-corrected chi connectivity index (χ4v) is 1.39. The van der Waals surface area contributed by atoms with Crippen LogP contribution in [-0.2, 0) is 13.1 Å². The van der Waals surface area contributed by atoms with Crippen LogP contribution < -0.4 is 5.84 Å². The Hall–Kier alpha value is -0.930. The van der Waals surface area contributed by atoms with Gasteiger partial charge in [0.05, 0.1) is 0 Å². The van der Waals surface area contributed by atoms with Crippen LogP contribution in [0.5, 0.6) is 0 Å². The summed E-state index contributed by atoms with van der Waals surface area (Å²) in [5, 5.41) is 1.67. The molecule has 0 fully saturated rings. The highest BCUT2D eigenvalue weighted by Crippen LogP contribution is 2.20. The molecule has 2 N–H and O–H groups in total. The van der Waals surface area contributed by atoms with Gasteiger partial charge in [0.15, 0.2) is 0 Å². The van der Waals surface area contributed by atoms with Gasteiger partial charge in [-0.1, -0.05) is 6.07 Å². The Kier molecular flexibility index (Phi) is 1.41. The molecular formula is C8H9FN2. The number of hydrogen-bond acceptors (Lipinski definition) is 2. The number of rotatable bonds is 0. The van der Waals surface area contributed by atoms with E-state index < -0.39 is 0 Å². The number of hydrogen-bond donors (Lipinski definition) is 1. The zero-order valence-electron chi connectivity index (χ0n) is 6.05. The van der Waals surface area contributed by atoms with Crippen molar-refractivity contribution in [2.75, 3.05) is 0 Å². The minimum absolute atomic E-state index is 0.181. The predicted octanol–water partition coefficient (Wildman–Crippen LogP) is 1.02. The number of hydrazine groups is 1. The molecule has 0 spiro atoms. The van der Waals surface area contributed by atoms with Crippen molar-refractivity contribution in [2.24, 2.45) is 5.84 Å². The maximum absolute atomic E-state index is 12.6. The number of nitrogens with two attached hydrogens (primary N) is 1. The van der Waals surface area contributed by atoms with Crippen molar-refractivity contribution < 1.29 is 4.39 Å². The number of fused-ring (bicyclic) bond motifs is 1. The van der Waals surface area contributed by atoms with E-state index in [1.54, 1.807) is 17.1 Å². The highest BCUT2D eigenvalue weighted by atomic mass is 19.1. The van der Waals surface area contributed by atoms with Gasteiger partial charge in [0.25, 0.3) is 0 Å². The lowest BCUT2D eigenvalue weighted by Gasteiger charge is -2.02. The van der Waals surface area contributed by atoms with Crippen molar-refractivity contribution in [3.63, 3.8) is 0 Å². The van der Waals surface area contributed by atoms with Crippen LogP contribution in [0.3, 0.4) is 0 Å². The summed E-state index contributed by atoms with van der Waals surface area (Å²) < 4.78 is 12.6. The summed E-state index contributed by atoms with van der Waals surface area (Å²) in [6.45, 7) is 1.39. The molecule has 1 aromatic rings. The Morgan fingerprint density at radius 1 is 1.27 bits per heavy atom.